The van der Waals surface area contributed by atoms with E-state index in [1.165, 1.54) is 0 Å². The first-order valence-electron chi connectivity index (χ1n) is 6.54. The number of fused-ring (bicyclic) bond motifs is 2. The van der Waals surface area contributed by atoms with Crippen molar-refractivity contribution < 1.29 is 9.29 Å². The fourth-order valence-electron chi connectivity index (χ4n) is 3.45. The van der Waals surface area contributed by atoms with E-state index >= 15 is 0 Å². The molecule has 3 saturated heterocycles. The highest BCUT2D eigenvalue weighted by molar-refractivity contribution is 7.90. The van der Waals surface area contributed by atoms with Crippen molar-refractivity contribution in [2.75, 3.05) is 19.7 Å². The minimum Gasteiger partial charge on any atom is -0.598 e. The molecule has 0 radical (unpaired) electrons. The molecule has 0 aliphatic carbocycles. The van der Waals surface area contributed by atoms with Gasteiger partial charge in [-0.15, -0.1) is 4.72 Å². The Morgan fingerprint density at radius 2 is 2.00 bits per heavy atom. The van der Waals surface area contributed by atoms with Crippen LogP contribution in [0.25, 0.3) is 0 Å². The van der Waals surface area contributed by atoms with E-state index in [0.717, 1.165) is 39.0 Å². The summed E-state index contributed by atoms with van der Waals surface area (Å²) in [5, 5.41) is 3.40. The first-order valence-corrected chi connectivity index (χ1v) is 7.69. The van der Waals surface area contributed by atoms with Crippen LogP contribution in [-0.2, 0) is 16.1 Å². The van der Waals surface area contributed by atoms with Crippen molar-refractivity contribution in [3.05, 3.63) is 0 Å². The van der Waals surface area contributed by atoms with Gasteiger partial charge in [-0.1, -0.05) is 0 Å². The van der Waals surface area contributed by atoms with Gasteiger partial charge in [0.1, 0.15) is 4.75 Å². The molecule has 17 heavy (non-hydrogen) atoms. The maximum absolute atomic E-state index is 12.2. The lowest BCUT2D eigenvalue weighted by Gasteiger charge is -2.44. The third-order valence-corrected chi connectivity index (χ3v) is 6.28. The van der Waals surface area contributed by atoms with Crippen molar-refractivity contribution in [2.45, 2.75) is 50.0 Å². The Balaban J connectivity index is 1.80. The van der Waals surface area contributed by atoms with Crippen molar-refractivity contribution in [2.24, 2.45) is 5.41 Å². The molecule has 3 rings (SSSR count). The first kappa shape index (κ1) is 12.2. The van der Waals surface area contributed by atoms with Crippen LogP contribution in [0.1, 0.15) is 33.1 Å². The van der Waals surface area contributed by atoms with E-state index in [1.54, 1.807) is 0 Å². The summed E-state index contributed by atoms with van der Waals surface area (Å²) >= 11 is -0.939. The zero-order chi connectivity index (χ0) is 12.1. The van der Waals surface area contributed by atoms with Gasteiger partial charge in [-0.05, 0) is 39.8 Å². The second kappa shape index (κ2) is 4.10. The summed E-state index contributed by atoms with van der Waals surface area (Å²) in [5.41, 5.74) is 0.224. The van der Waals surface area contributed by atoms with Gasteiger partial charge in [0.2, 0.25) is 0 Å². The molecule has 0 aromatic carbocycles. The second-order valence-electron chi connectivity index (χ2n) is 6.29. The number of piperidine rings is 1. The van der Waals surface area contributed by atoms with Gasteiger partial charge in [-0.3, -0.25) is 0 Å². The first-order chi connectivity index (χ1) is 8.04. The fourth-order valence-corrected chi connectivity index (χ4v) is 4.71. The molecule has 2 N–H and O–H groups in total. The van der Waals surface area contributed by atoms with Crippen LogP contribution < -0.4 is 10.0 Å². The highest BCUT2D eigenvalue weighted by Crippen LogP contribution is 2.46. The van der Waals surface area contributed by atoms with Crippen LogP contribution in [0.3, 0.4) is 0 Å². The minimum atomic E-state index is -0.939. The van der Waals surface area contributed by atoms with E-state index in [4.69, 9.17) is 4.74 Å². The van der Waals surface area contributed by atoms with E-state index in [1.807, 2.05) is 0 Å². The van der Waals surface area contributed by atoms with Crippen LogP contribution >= 0.6 is 0 Å². The van der Waals surface area contributed by atoms with Gasteiger partial charge in [0, 0.05) is 23.2 Å². The number of ether oxygens (including phenoxy) is 1. The quantitative estimate of drug-likeness (QED) is 0.623. The standard InChI is InChI=1S/C12H22N2O2S/c1-11(2)7-9-10(14-17(11)15)12(8-16-9)3-5-13-6-4-12/h9-10,13-14H,3-8H2,1-2H3/t9-,10+,17+/m0/s1. The van der Waals surface area contributed by atoms with Crippen LogP contribution in [0.5, 0.6) is 0 Å². The van der Waals surface area contributed by atoms with Crippen molar-refractivity contribution >= 4 is 11.4 Å². The van der Waals surface area contributed by atoms with Crippen molar-refractivity contribution in [3.63, 3.8) is 0 Å². The number of hydrogen-bond acceptors (Lipinski definition) is 4. The van der Waals surface area contributed by atoms with Gasteiger partial charge in [0.25, 0.3) is 0 Å². The lowest BCUT2D eigenvalue weighted by atomic mass is 9.73. The van der Waals surface area contributed by atoms with Crippen LogP contribution in [0.15, 0.2) is 0 Å². The van der Waals surface area contributed by atoms with E-state index in [0.29, 0.717) is 6.04 Å². The molecule has 0 unspecified atom stereocenters. The Hall–Kier alpha value is 0.190. The van der Waals surface area contributed by atoms with Gasteiger partial charge in [0.05, 0.1) is 18.8 Å². The topological polar surface area (TPSA) is 56.3 Å². The number of nitrogens with one attached hydrogen (secondary N) is 2. The summed E-state index contributed by atoms with van der Waals surface area (Å²) in [7, 11) is 0. The SMILES string of the molecule is CC1(C)C[C@@H]2OCC3(CCNCC3)[C@@H]2N[S@+]1[O-]. The molecule has 3 aliphatic heterocycles. The van der Waals surface area contributed by atoms with Crippen molar-refractivity contribution in [3.8, 4) is 0 Å². The molecule has 0 saturated carbocycles. The lowest BCUT2D eigenvalue weighted by molar-refractivity contribution is 0.0739. The van der Waals surface area contributed by atoms with Gasteiger partial charge < -0.3 is 14.6 Å². The highest BCUT2D eigenvalue weighted by atomic mass is 32.2. The molecule has 1 spiro atoms. The monoisotopic (exact) mass is 258 g/mol. The van der Waals surface area contributed by atoms with E-state index in [-0.39, 0.29) is 16.3 Å². The predicted molar refractivity (Wildman–Crippen MR) is 68.0 cm³/mol. The average molecular weight is 258 g/mol. The predicted octanol–water partition coefficient (Wildman–Crippen LogP) is 0.559. The summed E-state index contributed by atoms with van der Waals surface area (Å²) in [5.74, 6) is 0. The average Bonchev–Trinajstić information content (AvgIpc) is 2.59. The minimum absolute atomic E-state index is 0.167. The van der Waals surface area contributed by atoms with Crippen LogP contribution in [-0.4, -0.2) is 41.1 Å². The van der Waals surface area contributed by atoms with Crippen LogP contribution in [0.2, 0.25) is 0 Å². The normalized spacial score (nSPS) is 43.6. The number of hydrogen-bond donors (Lipinski definition) is 2. The Morgan fingerprint density at radius 1 is 1.29 bits per heavy atom. The van der Waals surface area contributed by atoms with Crippen molar-refractivity contribution in [1.82, 2.24) is 10.0 Å². The fraction of sp³-hybridized carbons (Fsp3) is 1.00. The van der Waals surface area contributed by atoms with Gasteiger partial charge >= 0.3 is 0 Å². The Bertz CT molecular complexity index is 305. The van der Waals surface area contributed by atoms with Gasteiger partial charge in [0.15, 0.2) is 0 Å². The van der Waals surface area contributed by atoms with Crippen molar-refractivity contribution in [1.29, 1.82) is 0 Å². The van der Waals surface area contributed by atoms with E-state index in [2.05, 4.69) is 23.9 Å². The summed E-state index contributed by atoms with van der Waals surface area (Å²) in [6.07, 6.45) is 3.44. The van der Waals surface area contributed by atoms with Crippen LogP contribution in [0.4, 0.5) is 0 Å². The summed E-state index contributed by atoms with van der Waals surface area (Å²) in [4.78, 5) is 0. The molecule has 3 heterocycles. The molecular weight excluding hydrogens is 236 g/mol. The number of rotatable bonds is 0. The molecular formula is C12H22N2O2S. The molecule has 3 fully saturated rings. The lowest BCUT2D eigenvalue weighted by Crippen LogP contribution is -2.62. The Morgan fingerprint density at radius 3 is 2.71 bits per heavy atom. The largest absolute Gasteiger partial charge is 0.598 e. The maximum Gasteiger partial charge on any atom is 0.142 e. The maximum atomic E-state index is 12.2. The van der Waals surface area contributed by atoms with E-state index in [9.17, 15) is 4.55 Å². The molecule has 3 atom stereocenters. The molecule has 5 heteroatoms. The summed E-state index contributed by atoms with van der Waals surface area (Å²) in [6, 6.07) is 0.290. The molecule has 98 valence electrons. The third-order valence-electron chi connectivity index (χ3n) is 4.64. The molecule has 3 aliphatic rings. The molecule has 0 bridgehead atoms. The Kier molecular flexibility index (Phi) is 2.95. The summed E-state index contributed by atoms with van der Waals surface area (Å²) < 4.78 is 21.4. The van der Waals surface area contributed by atoms with Gasteiger partial charge in [-0.25, -0.2) is 0 Å². The third kappa shape index (κ3) is 1.92. The molecule has 4 nitrogen and oxygen atoms in total. The second-order valence-corrected chi connectivity index (χ2v) is 8.17. The molecule has 0 aromatic heterocycles. The van der Waals surface area contributed by atoms with Gasteiger partial charge in [-0.2, -0.15) is 0 Å². The summed E-state index contributed by atoms with van der Waals surface area (Å²) in [6.45, 7) is 7.07. The zero-order valence-electron chi connectivity index (χ0n) is 10.6. The highest BCUT2D eigenvalue weighted by Gasteiger charge is 2.58. The van der Waals surface area contributed by atoms with Crippen LogP contribution in [0, 0.1) is 5.41 Å². The zero-order valence-corrected chi connectivity index (χ0v) is 11.4. The Labute approximate surface area is 106 Å². The van der Waals surface area contributed by atoms with E-state index < -0.39 is 11.4 Å². The molecule has 0 aromatic rings. The molecule has 0 amide bonds. The smallest absolute Gasteiger partial charge is 0.142 e.